The molecule has 1 aliphatic heterocycles. The zero-order valence-electron chi connectivity index (χ0n) is 15.4. The van der Waals surface area contributed by atoms with Crippen LogP contribution in [0.15, 0.2) is 47.3 Å². The van der Waals surface area contributed by atoms with Gasteiger partial charge in [0.25, 0.3) is 5.56 Å². The Morgan fingerprint density at radius 3 is 2.76 bits per heavy atom. The number of nitrogens with zero attached hydrogens (tertiary/aromatic N) is 3. The van der Waals surface area contributed by atoms with E-state index in [2.05, 4.69) is 15.5 Å². The van der Waals surface area contributed by atoms with Crippen LogP contribution in [0.5, 0.6) is 17.2 Å². The molecule has 0 fully saturated rings. The number of benzene rings is 2. The first kappa shape index (κ1) is 19.4. The molecule has 0 spiro atoms. The first-order valence-corrected chi connectivity index (χ1v) is 10.4. The molecule has 1 aliphatic rings. The van der Waals surface area contributed by atoms with Crippen molar-refractivity contribution in [1.29, 1.82) is 0 Å². The number of rotatable bonds is 7. The molecule has 0 aliphatic carbocycles. The first-order valence-electron chi connectivity index (χ1n) is 8.64. The summed E-state index contributed by atoms with van der Waals surface area (Å²) in [5, 5.41) is 12.0. The maximum Gasteiger partial charge on any atom is 0.281 e. The molecule has 10 heteroatoms. The van der Waals surface area contributed by atoms with E-state index >= 15 is 0 Å². The third-order valence-electron chi connectivity index (χ3n) is 4.09. The average molecular weight is 433 g/mol. The minimum Gasteiger partial charge on any atom is -0.487 e. The Balaban J connectivity index is 1.55. The third kappa shape index (κ3) is 4.41. The predicted molar refractivity (Wildman–Crippen MR) is 111 cm³/mol. The largest absolute Gasteiger partial charge is 0.487 e. The zero-order chi connectivity index (χ0) is 20.2. The lowest BCUT2D eigenvalue weighted by Crippen LogP contribution is -2.29. The number of halogens is 1. The fourth-order valence-electron chi connectivity index (χ4n) is 2.67. The number of anilines is 2. The van der Waals surface area contributed by atoms with Gasteiger partial charge >= 0.3 is 0 Å². The highest BCUT2D eigenvalue weighted by Crippen LogP contribution is 2.34. The third-order valence-corrected chi connectivity index (χ3v) is 4.86. The van der Waals surface area contributed by atoms with Gasteiger partial charge in [0.2, 0.25) is 12.7 Å². The van der Waals surface area contributed by atoms with E-state index in [0.717, 1.165) is 0 Å². The standard InChI is InChI=1S/C19H17ClN4O4S/c1-29-10-24-18(25)15(9-26-14-5-2-12(20)3-6-14)22-23-19(24)21-13-4-7-16-17(8-13)28-11-27-16/h2-8H,9-11H2,1H3,(H,21,23). The smallest absolute Gasteiger partial charge is 0.281 e. The van der Waals surface area contributed by atoms with Gasteiger partial charge in [-0.1, -0.05) is 11.6 Å². The van der Waals surface area contributed by atoms with Crippen molar-refractivity contribution in [3.63, 3.8) is 0 Å². The normalized spacial score (nSPS) is 12.1. The minimum atomic E-state index is -0.272. The maximum absolute atomic E-state index is 12.9. The molecule has 150 valence electrons. The summed E-state index contributed by atoms with van der Waals surface area (Å²) in [6.07, 6.45) is 1.90. The summed E-state index contributed by atoms with van der Waals surface area (Å²) in [4.78, 5) is 12.9. The molecule has 1 aromatic heterocycles. The molecule has 0 radical (unpaired) electrons. The van der Waals surface area contributed by atoms with Crippen molar-refractivity contribution in [2.75, 3.05) is 18.4 Å². The van der Waals surface area contributed by atoms with Crippen molar-refractivity contribution >= 4 is 35.0 Å². The van der Waals surface area contributed by atoms with E-state index in [-0.39, 0.29) is 24.7 Å². The van der Waals surface area contributed by atoms with E-state index in [1.807, 2.05) is 12.3 Å². The van der Waals surface area contributed by atoms with E-state index < -0.39 is 0 Å². The summed E-state index contributed by atoms with van der Waals surface area (Å²) in [5.41, 5.74) is 0.653. The molecule has 0 unspecified atom stereocenters. The highest BCUT2D eigenvalue weighted by atomic mass is 35.5. The van der Waals surface area contributed by atoms with Crippen LogP contribution in [0.4, 0.5) is 11.6 Å². The number of fused-ring (bicyclic) bond motifs is 1. The summed E-state index contributed by atoms with van der Waals surface area (Å²) < 4.78 is 17.9. The second-order valence-electron chi connectivity index (χ2n) is 6.06. The molecular weight excluding hydrogens is 416 g/mol. The lowest BCUT2D eigenvalue weighted by atomic mass is 10.3. The van der Waals surface area contributed by atoms with Crippen LogP contribution in [0.3, 0.4) is 0 Å². The van der Waals surface area contributed by atoms with Crippen LogP contribution in [0.2, 0.25) is 5.02 Å². The van der Waals surface area contributed by atoms with E-state index in [1.54, 1.807) is 36.4 Å². The van der Waals surface area contributed by atoms with E-state index in [9.17, 15) is 4.79 Å². The molecule has 3 aromatic rings. The zero-order valence-corrected chi connectivity index (χ0v) is 17.0. The quantitative estimate of drug-likeness (QED) is 0.605. The summed E-state index contributed by atoms with van der Waals surface area (Å²) in [7, 11) is 0. The Morgan fingerprint density at radius 2 is 1.97 bits per heavy atom. The van der Waals surface area contributed by atoms with E-state index in [1.165, 1.54) is 16.3 Å². The Hall–Kier alpha value is -2.91. The second kappa shape index (κ2) is 8.62. The van der Waals surface area contributed by atoms with Crippen molar-refractivity contribution in [2.24, 2.45) is 0 Å². The number of aromatic nitrogens is 3. The average Bonchev–Trinajstić information content (AvgIpc) is 3.19. The predicted octanol–water partition coefficient (Wildman–Crippen LogP) is 3.66. The molecule has 0 amide bonds. The van der Waals surface area contributed by atoms with Crippen LogP contribution in [0.1, 0.15) is 5.69 Å². The maximum atomic E-state index is 12.9. The molecule has 29 heavy (non-hydrogen) atoms. The van der Waals surface area contributed by atoms with Gasteiger partial charge in [-0.3, -0.25) is 9.36 Å². The highest BCUT2D eigenvalue weighted by molar-refractivity contribution is 7.97. The van der Waals surface area contributed by atoms with Gasteiger partial charge in [0.1, 0.15) is 12.4 Å². The van der Waals surface area contributed by atoms with E-state index in [0.29, 0.717) is 39.8 Å². The molecule has 0 saturated carbocycles. The number of ether oxygens (including phenoxy) is 3. The van der Waals surface area contributed by atoms with Crippen LogP contribution < -0.4 is 25.1 Å². The molecule has 0 atom stereocenters. The van der Waals surface area contributed by atoms with Gasteiger partial charge in [0.05, 0.1) is 5.88 Å². The van der Waals surface area contributed by atoms with Crippen LogP contribution in [0, 0.1) is 0 Å². The van der Waals surface area contributed by atoms with Gasteiger partial charge in [-0.15, -0.1) is 22.0 Å². The van der Waals surface area contributed by atoms with Crippen molar-refractivity contribution in [1.82, 2.24) is 14.8 Å². The summed E-state index contributed by atoms with van der Waals surface area (Å²) >= 11 is 7.36. The minimum absolute atomic E-state index is 0.00610. The SMILES string of the molecule is CSCn1c(Nc2ccc3c(c2)OCO3)nnc(COc2ccc(Cl)cc2)c1=O. The van der Waals surface area contributed by atoms with Gasteiger partial charge in [0, 0.05) is 16.8 Å². The topological polar surface area (TPSA) is 87.5 Å². The number of hydrogen-bond acceptors (Lipinski definition) is 8. The Bertz CT molecular complexity index is 1070. The van der Waals surface area contributed by atoms with Gasteiger partial charge < -0.3 is 19.5 Å². The van der Waals surface area contributed by atoms with E-state index in [4.69, 9.17) is 25.8 Å². The van der Waals surface area contributed by atoms with Gasteiger partial charge in [0.15, 0.2) is 17.2 Å². The number of nitrogens with one attached hydrogen (secondary N) is 1. The second-order valence-corrected chi connectivity index (χ2v) is 7.33. The van der Waals surface area contributed by atoms with Crippen molar-refractivity contribution in [3.8, 4) is 17.2 Å². The summed E-state index contributed by atoms with van der Waals surface area (Å²) in [6, 6.07) is 12.3. The molecule has 1 N–H and O–H groups in total. The van der Waals surface area contributed by atoms with Crippen LogP contribution in [-0.2, 0) is 12.5 Å². The summed E-state index contributed by atoms with van der Waals surface area (Å²) in [5.74, 6) is 2.65. The number of thioether (sulfide) groups is 1. The van der Waals surface area contributed by atoms with Crippen LogP contribution >= 0.6 is 23.4 Å². The van der Waals surface area contributed by atoms with Crippen LogP contribution in [-0.4, -0.2) is 27.8 Å². The molecule has 8 nitrogen and oxygen atoms in total. The van der Waals surface area contributed by atoms with Crippen molar-refractivity contribution < 1.29 is 14.2 Å². The molecule has 0 saturated heterocycles. The van der Waals surface area contributed by atoms with Gasteiger partial charge in [-0.05, 0) is 42.7 Å². The lowest BCUT2D eigenvalue weighted by molar-refractivity contribution is 0.174. The number of hydrogen-bond donors (Lipinski definition) is 1. The Kier molecular flexibility index (Phi) is 5.77. The molecule has 2 heterocycles. The fraction of sp³-hybridized carbons (Fsp3) is 0.211. The summed E-state index contributed by atoms with van der Waals surface area (Å²) in [6.45, 7) is 0.199. The Morgan fingerprint density at radius 1 is 1.17 bits per heavy atom. The van der Waals surface area contributed by atoms with Gasteiger partial charge in [-0.25, -0.2) is 0 Å². The fourth-order valence-corrected chi connectivity index (χ4v) is 3.30. The highest BCUT2D eigenvalue weighted by Gasteiger charge is 2.16. The monoisotopic (exact) mass is 432 g/mol. The lowest BCUT2D eigenvalue weighted by Gasteiger charge is -2.13. The Labute approximate surface area is 175 Å². The molecular formula is C19H17ClN4O4S. The molecule has 2 aromatic carbocycles. The first-order chi connectivity index (χ1) is 14.1. The van der Waals surface area contributed by atoms with Crippen LogP contribution in [0.25, 0.3) is 0 Å². The van der Waals surface area contributed by atoms with Crippen molar-refractivity contribution in [2.45, 2.75) is 12.5 Å². The van der Waals surface area contributed by atoms with Gasteiger partial charge in [-0.2, -0.15) is 0 Å². The molecule has 0 bridgehead atoms. The van der Waals surface area contributed by atoms with Crippen molar-refractivity contribution in [3.05, 3.63) is 63.5 Å². The molecule has 4 rings (SSSR count).